The van der Waals surface area contributed by atoms with Crippen LogP contribution in [0.3, 0.4) is 0 Å². The number of phenolic OH excluding ortho intramolecular Hbond substituents is 1. The molecule has 0 fully saturated rings. The van der Waals surface area contributed by atoms with Gasteiger partial charge in [-0.2, -0.15) is 0 Å². The van der Waals surface area contributed by atoms with Gasteiger partial charge in [-0.25, -0.2) is 4.79 Å². The lowest BCUT2D eigenvalue weighted by molar-refractivity contribution is 0.0532. The summed E-state index contributed by atoms with van der Waals surface area (Å²) >= 11 is 0.998. The Morgan fingerprint density at radius 1 is 1.41 bits per heavy atom. The average Bonchev–Trinajstić information content (AvgIpc) is 2.79. The zero-order valence-corrected chi connectivity index (χ0v) is 9.90. The van der Waals surface area contributed by atoms with Gasteiger partial charge in [-0.3, -0.25) is 0 Å². The van der Waals surface area contributed by atoms with Gasteiger partial charge in [0.25, 0.3) is 0 Å². The highest BCUT2D eigenvalue weighted by molar-refractivity contribution is 7.08. The molecule has 0 aliphatic rings. The van der Waals surface area contributed by atoms with E-state index in [1.807, 2.05) is 0 Å². The zero-order chi connectivity index (χ0) is 12.3. The van der Waals surface area contributed by atoms with Crippen molar-refractivity contribution in [1.29, 1.82) is 0 Å². The summed E-state index contributed by atoms with van der Waals surface area (Å²) in [4.78, 5) is 12.0. The van der Waals surface area contributed by atoms with Gasteiger partial charge >= 0.3 is 5.97 Å². The first-order chi connectivity index (χ1) is 8.22. The van der Waals surface area contributed by atoms with Crippen molar-refractivity contribution in [1.82, 2.24) is 9.59 Å². The first kappa shape index (κ1) is 11.5. The van der Waals surface area contributed by atoms with Crippen molar-refractivity contribution in [2.24, 2.45) is 0 Å². The number of rotatable bonds is 3. The molecule has 88 valence electrons. The molecule has 2 aromatic rings. The van der Waals surface area contributed by atoms with E-state index < -0.39 is 5.97 Å². The van der Waals surface area contributed by atoms with Crippen molar-refractivity contribution < 1.29 is 14.6 Å². The maximum absolute atomic E-state index is 11.6. The molecule has 0 aliphatic heterocycles. The number of benzene rings is 1. The van der Waals surface area contributed by atoms with E-state index in [4.69, 9.17) is 4.74 Å². The van der Waals surface area contributed by atoms with Crippen LogP contribution in [-0.2, 0) is 4.74 Å². The van der Waals surface area contributed by atoms with Crippen molar-refractivity contribution in [2.45, 2.75) is 6.92 Å². The summed E-state index contributed by atoms with van der Waals surface area (Å²) in [7, 11) is 0. The highest BCUT2D eigenvalue weighted by Crippen LogP contribution is 2.25. The molecule has 5 nitrogen and oxygen atoms in total. The van der Waals surface area contributed by atoms with Gasteiger partial charge in [0.15, 0.2) is 4.88 Å². The van der Waals surface area contributed by atoms with Crippen LogP contribution in [0, 0.1) is 0 Å². The van der Waals surface area contributed by atoms with Gasteiger partial charge in [-0.1, -0.05) is 4.49 Å². The Hall–Kier alpha value is -1.95. The summed E-state index contributed by atoms with van der Waals surface area (Å²) < 4.78 is 8.67. The van der Waals surface area contributed by atoms with Gasteiger partial charge in [0.05, 0.1) is 6.61 Å². The Morgan fingerprint density at radius 3 is 2.76 bits per heavy atom. The fourth-order valence-electron chi connectivity index (χ4n) is 1.33. The van der Waals surface area contributed by atoms with Gasteiger partial charge in [-0.05, 0) is 42.7 Å². The Bertz CT molecular complexity index is 522. The quantitative estimate of drug-likeness (QED) is 0.844. The summed E-state index contributed by atoms with van der Waals surface area (Å²) in [5, 5.41) is 13.1. The third-order valence-electron chi connectivity index (χ3n) is 2.09. The highest BCUT2D eigenvalue weighted by Gasteiger charge is 2.18. The van der Waals surface area contributed by atoms with Gasteiger partial charge in [0, 0.05) is 5.56 Å². The van der Waals surface area contributed by atoms with Crippen LogP contribution in [0.1, 0.15) is 16.6 Å². The second-order valence-electron chi connectivity index (χ2n) is 3.22. The molecule has 0 unspecified atom stereocenters. The third kappa shape index (κ3) is 2.42. The lowest BCUT2D eigenvalue weighted by atomic mass is 10.1. The second-order valence-corrected chi connectivity index (χ2v) is 3.97. The predicted octanol–water partition coefficient (Wildman–Crippen LogP) is 2.09. The largest absolute Gasteiger partial charge is 0.508 e. The molecule has 0 amide bonds. The molecule has 0 radical (unpaired) electrons. The number of hydrogen-bond acceptors (Lipinski definition) is 6. The molecular formula is C11H10N2O3S. The average molecular weight is 250 g/mol. The molecule has 1 aromatic carbocycles. The molecule has 1 aromatic heterocycles. The van der Waals surface area contributed by atoms with Crippen LogP contribution in [-0.4, -0.2) is 27.3 Å². The van der Waals surface area contributed by atoms with Gasteiger partial charge in [0.1, 0.15) is 11.4 Å². The lowest BCUT2D eigenvalue weighted by Gasteiger charge is -2.01. The number of hydrogen-bond donors (Lipinski definition) is 1. The molecule has 6 heteroatoms. The number of aromatic nitrogens is 2. The molecule has 0 atom stereocenters. The number of ether oxygens (including phenoxy) is 1. The van der Waals surface area contributed by atoms with Crippen molar-refractivity contribution >= 4 is 17.5 Å². The van der Waals surface area contributed by atoms with Gasteiger partial charge in [0.2, 0.25) is 0 Å². The normalized spacial score (nSPS) is 10.2. The van der Waals surface area contributed by atoms with E-state index in [1.165, 1.54) is 12.1 Å². The first-order valence-corrected chi connectivity index (χ1v) is 5.78. The SMILES string of the molecule is CCOC(=O)c1snnc1-c1ccc(O)cc1. The number of nitrogens with zero attached hydrogens (tertiary/aromatic N) is 2. The minimum absolute atomic E-state index is 0.162. The van der Waals surface area contributed by atoms with Gasteiger partial charge < -0.3 is 9.84 Å². The Balaban J connectivity index is 2.36. The summed E-state index contributed by atoms with van der Waals surface area (Å²) in [5.74, 6) is -0.264. The number of phenols is 1. The Kier molecular flexibility index (Phi) is 3.34. The highest BCUT2D eigenvalue weighted by atomic mass is 32.1. The molecular weight excluding hydrogens is 240 g/mol. The van der Waals surface area contributed by atoms with Gasteiger partial charge in [-0.15, -0.1) is 5.10 Å². The minimum Gasteiger partial charge on any atom is -0.508 e. The van der Waals surface area contributed by atoms with Crippen LogP contribution in [0.4, 0.5) is 0 Å². The van der Waals surface area contributed by atoms with E-state index in [-0.39, 0.29) is 5.75 Å². The first-order valence-electron chi connectivity index (χ1n) is 5.01. The number of carbonyl (C=O) groups excluding carboxylic acids is 1. The van der Waals surface area contributed by atoms with Crippen LogP contribution in [0.5, 0.6) is 5.75 Å². The van der Waals surface area contributed by atoms with Crippen LogP contribution in [0.2, 0.25) is 0 Å². The summed E-state index contributed by atoms with van der Waals surface area (Å²) in [6, 6.07) is 6.41. The maximum atomic E-state index is 11.6. The molecule has 0 aliphatic carbocycles. The summed E-state index contributed by atoms with van der Waals surface area (Å²) in [6.45, 7) is 2.05. The van der Waals surface area contributed by atoms with Crippen molar-refractivity contribution in [3.05, 3.63) is 29.1 Å². The molecule has 1 heterocycles. The van der Waals surface area contributed by atoms with Crippen molar-refractivity contribution in [3.8, 4) is 17.0 Å². The Labute approximate surface area is 102 Å². The lowest BCUT2D eigenvalue weighted by Crippen LogP contribution is -2.03. The van der Waals surface area contributed by atoms with Crippen LogP contribution >= 0.6 is 11.5 Å². The number of esters is 1. The molecule has 17 heavy (non-hydrogen) atoms. The summed E-state index contributed by atoms with van der Waals surface area (Å²) in [6.07, 6.45) is 0. The fraction of sp³-hybridized carbons (Fsp3) is 0.182. The van der Waals surface area contributed by atoms with E-state index in [9.17, 15) is 9.90 Å². The third-order valence-corrected chi connectivity index (χ3v) is 2.80. The smallest absolute Gasteiger partial charge is 0.352 e. The van der Waals surface area contributed by atoms with E-state index >= 15 is 0 Å². The molecule has 0 saturated carbocycles. The van der Waals surface area contributed by atoms with Crippen molar-refractivity contribution in [2.75, 3.05) is 6.61 Å². The number of carbonyl (C=O) groups is 1. The molecule has 0 bridgehead atoms. The van der Waals surface area contributed by atoms with Crippen LogP contribution in [0.15, 0.2) is 24.3 Å². The zero-order valence-electron chi connectivity index (χ0n) is 9.08. The topological polar surface area (TPSA) is 72.3 Å². The van der Waals surface area contributed by atoms with Crippen LogP contribution in [0.25, 0.3) is 11.3 Å². The molecule has 0 spiro atoms. The molecule has 2 rings (SSSR count). The van der Waals surface area contributed by atoms with E-state index in [0.717, 1.165) is 17.1 Å². The van der Waals surface area contributed by atoms with Crippen LogP contribution < -0.4 is 0 Å². The van der Waals surface area contributed by atoms with E-state index in [0.29, 0.717) is 17.2 Å². The fourth-order valence-corrected chi connectivity index (χ4v) is 1.91. The monoisotopic (exact) mass is 250 g/mol. The van der Waals surface area contributed by atoms with Crippen molar-refractivity contribution in [3.63, 3.8) is 0 Å². The standard InChI is InChI=1S/C11H10N2O3S/c1-2-16-11(15)10-9(12-13-17-10)7-3-5-8(14)6-4-7/h3-6,14H,2H2,1H3. The number of aromatic hydroxyl groups is 1. The molecule has 1 N–H and O–H groups in total. The molecule has 0 saturated heterocycles. The predicted molar refractivity (Wildman–Crippen MR) is 63.0 cm³/mol. The maximum Gasteiger partial charge on any atom is 0.352 e. The minimum atomic E-state index is -0.425. The van der Waals surface area contributed by atoms with E-state index in [2.05, 4.69) is 9.59 Å². The van der Waals surface area contributed by atoms with E-state index in [1.54, 1.807) is 19.1 Å². The Morgan fingerprint density at radius 2 is 2.12 bits per heavy atom. The summed E-state index contributed by atoms with van der Waals surface area (Å²) in [5.41, 5.74) is 1.20. The second kappa shape index (κ2) is 4.92.